The zero-order valence-corrected chi connectivity index (χ0v) is 46.0. The van der Waals surface area contributed by atoms with Crippen LogP contribution in [0.2, 0.25) is 0 Å². The van der Waals surface area contributed by atoms with E-state index in [2.05, 4.69) is 123 Å². The Balaban J connectivity index is 0.000000337. The van der Waals surface area contributed by atoms with Gasteiger partial charge in [0.15, 0.2) is 0 Å². The van der Waals surface area contributed by atoms with Gasteiger partial charge in [-0.3, -0.25) is 9.97 Å². The van der Waals surface area contributed by atoms with Crippen molar-refractivity contribution in [2.45, 2.75) is 85.1 Å². The predicted molar refractivity (Wildman–Crippen MR) is 263 cm³/mol. The van der Waals surface area contributed by atoms with Crippen molar-refractivity contribution >= 4 is 123 Å². The van der Waals surface area contributed by atoms with Crippen molar-refractivity contribution in [2.75, 3.05) is 16.4 Å². The number of alkyl halides is 6. The van der Waals surface area contributed by atoms with Crippen LogP contribution in [-0.4, -0.2) is 48.9 Å². The van der Waals surface area contributed by atoms with Gasteiger partial charge in [-0.05, 0) is 138 Å². The summed E-state index contributed by atoms with van der Waals surface area (Å²) in [5, 5.41) is 6.13. The fourth-order valence-electron chi connectivity index (χ4n) is 4.86. The van der Waals surface area contributed by atoms with Gasteiger partial charge in [0.2, 0.25) is 0 Å². The van der Waals surface area contributed by atoms with Gasteiger partial charge in [-0.15, -0.1) is 0 Å². The molecule has 6 heterocycles. The van der Waals surface area contributed by atoms with E-state index in [4.69, 9.17) is 20.7 Å². The Labute approximate surface area is 419 Å². The third-order valence-electron chi connectivity index (χ3n) is 8.95. The zero-order chi connectivity index (χ0) is 47.1. The van der Waals surface area contributed by atoms with Gasteiger partial charge in [-0.1, -0.05) is 12.1 Å². The number of hydrogen-bond donors (Lipinski definition) is 3. The molecule has 10 nitrogen and oxygen atoms in total. The molecule has 6 rings (SSSR count). The average Bonchev–Trinajstić information content (AvgIpc) is 3.42. The number of pyridine rings is 5. The van der Waals surface area contributed by atoms with Crippen LogP contribution >= 0.6 is 87.7 Å². The fraction of sp³-hybridized carbons (Fsp3) is 0.342. The molecule has 5 aromatic heterocycles. The Hall–Kier alpha value is -1.34. The van der Waals surface area contributed by atoms with Crippen molar-refractivity contribution < 1.29 is 52.7 Å². The van der Waals surface area contributed by atoms with E-state index >= 15 is 0 Å². The monoisotopic (exact) mass is 1440 g/mol. The summed E-state index contributed by atoms with van der Waals surface area (Å²) in [5.74, 6) is 1.83. The molecule has 0 saturated carbocycles. The number of nitrogens with zero attached hydrogens (tertiary/aromatic N) is 5. The van der Waals surface area contributed by atoms with E-state index in [0.29, 0.717) is 41.7 Å². The minimum absolute atomic E-state index is 0.0600. The molecule has 5 aromatic rings. The maximum absolute atomic E-state index is 12.6. The second-order valence-electron chi connectivity index (χ2n) is 14.1. The van der Waals surface area contributed by atoms with Gasteiger partial charge in [0.05, 0.1) is 11.2 Å². The van der Waals surface area contributed by atoms with Crippen molar-refractivity contribution in [1.82, 2.24) is 24.9 Å². The van der Waals surface area contributed by atoms with Crippen LogP contribution in [0, 0.1) is 20.8 Å². The summed E-state index contributed by atoms with van der Waals surface area (Å²) in [6, 6.07) is 10.3. The molecule has 2 radical (unpaired) electrons. The summed E-state index contributed by atoms with van der Waals surface area (Å²) in [6.45, 7) is 14.5. The van der Waals surface area contributed by atoms with Crippen molar-refractivity contribution in [3.63, 3.8) is 0 Å². The first-order chi connectivity index (χ1) is 28.9. The summed E-state index contributed by atoms with van der Waals surface area (Å²) in [6.07, 6.45) is -1.36. The Morgan fingerprint density at radius 2 is 1.06 bits per heavy atom. The van der Waals surface area contributed by atoms with Gasteiger partial charge < -0.3 is 25.7 Å². The molecule has 1 aliphatic heterocycles. The summed E-state index contributed by atoms with van der Waals surface area (Å²) in [5.41, 5.74) is 12.9. The Bertz CT molecular complexity index is 2150. The van der Waals surface area contributed by atoms with Gasteiger partial charge in [-0.2, -0.15) is 26.3 Å². The Morgan fingerprint density at radius 1 is 0.677 bits per heavy atom. The number of nitrogen functional groups attached to an aromatic ring is 1. The number of nitrogens with one attached hydrogen (secondary N) is 2. The van der Waals surface area contributed by atoms with E-state index in [-0.39, 0.29) is 17.0 Å². The van der Waals surface area contributed by atoms with E-state index in [1.807, 2.05) is 66.7 Å². The van der Waals surface area contributed by atoms with Gasteiger partial charge >= 0.3 is 60.8 Å². The van der Waals surface area contributed by atoms with Crippen LogP contribution in [0.4, 0.5) is 43.8 Å². The molecule has 0 aliphatic carbocycles. The number of aromatic nitrogens is 5. The van der Waals surface area contributed by atoms with Crippen LogP contribution in [0.3, 0.4) is 0 Å². The summed E-state index contributed by atoms with van der Waals surface area (Å²) in [7, 11) is -0.495. The maximum atomic E-state index is 12.6. The van der Waals surface area contributed by atoms with Gasteiger partial charge in [0.25, 0.3) is 0 Å². The third kappa shape index (κ3) is 18.5. The predicted octanol–water partition coefficient (Wildman–Crippen LogP) is 8.91. The molecule has 0 unspecified atom stereocenters. The van der Waals surface area contributed by atoms with Crippen LogP contribution in [0.5, 0.6) is 0 Å². The van der Waals surface area contributed by atoms with Crippen molar-refractivity contribution in [1.29, 1.82) is 0 Å². The number of halogens is 12. The van der Waals surface area contributed by atoms with Crippen molar-refractivity contribution in [2.24, 2.45) is 0 Å². The Kier molecular flexibility index (Phi) is 23.9. The summed E-state index contributed by atoms with van der Waals surface area (Å²) >= 11 is 13.1. The number of aryl methyl sites for hydroxylation is 3. The fourth-order valence-corrected chi connectivity index (χ4v) is 5.29. The topological polar surface area (TPSA) is 133 Å². The van der Waals surface area contributed by atoms with Gasteiger partial charge in [0, 0.05) is 95.7 Å². The van der Waals surface area contributed by atoms with Crippen molar-refractivity contribution in [3.8, 4) is 0 Å². The van der Waals surface area contributed by atoms with E-state index in [0.717, 1.165) is 43.2 Å². The van der Waals surface area contributed by atoms with E-state index in [1.54, 1.807) is 18.6 Å². The molecule has 1 saturated heterocycles. The second kappa shape index (κ2) is 26.1. The number of anilines is 3. The molecule has 0 amide bonds. The molecule has 62 heavy (non-hydrogen) atoms. The van der Waals surface area contributed by atoms with Crippen molar-refractivity contribution in [3.05, 3.63) is 122 Å². The number of rotatable bonds is 7. The third-order valence-corrected chi connectivity index (χ3v) is 10.6. The van der Waals surface area contributed by atoms with Crippen LogP contribution in [0.1, 0.15) is 66.9 Å². The van der Waals surface area contributed by atoms with E-state index < -0.39 is 42.1 Å². The molecular formula is C38H41B2Br2F6I4N8O2-. The minimum atomic E-state index is -4.44. The average molecular weight is 1440 g/mol. The molecule has 336 valence electrons. The quantitative estimate of drug-likeness (QED) is 0.0825. The first kappa shape index (κ1) is 56.8. The first-order valence-corrected chi connectivity index (χ1v) is 33.2. The second-order valence-corrected chi connectivity index (χ2v) is 19.4. The van der Waals surface area contributed by atoms with E-state index in [9.17, 15) is 26.3 Å². The summed E-state index contributed by atoms with van der Waals surface area (Å²) in [4.78, 5) is 19.3. The molecule has 0 atom stereocenters. The molecule has 0 spiro atoms. The summed E-state index contributed by atoms with van der Waals surface area (Å²) < 4.78 is 88.8. The Morgan fingerprint density at radius 3 is 1.40 bits per heavy atom. The number of hydrogen-bond acceptors (Lipinski definition) is 10. The van der Waals surface area contributed by atoms with Gasteiger partial charge in [-0.25, -0.2) is 15.0 Å². The van der Waals surface area contributed by atoms with Crippen LogP contribution in [-0.2, 0) is 34.8 Å². The molecule has 0 aromatic carbocycles. The van der Waals surface area contributed by atoms with Crippen LogP contribution in [0.15, 0.2) is 82.4 Å². The number of nitrogens with two attached hydrogens (primary N) is 1. The zero-order valence-electron chi connectivity index (χ0n) is 34.2. The molecule has 4 N–H and O–H groups in total. The molecule has 1 aliphatic rings. The molecular weight excluding hydrogens is 1400 g/mol. The van der Waals surface area contributed by atoms with Gasteiger partial charge in [0.1, 0.15) is 28.8 Å². The van der Waals surface area contributed by atoms with Crippen LogP contribution < -0.4 is 38.8 Å². The normalized spacial score (nSPS) is 13.8. The molecule has 0 bridgehead atoms. The van der Waals surface area contributed by atoms with Crippen LogP contribution in [0.25, 0.3) is 0 Å². The first-order valence-electron chi connectivity index (χ1n) is 17.8. The molecule has 24 heteroatoms. The SMILES string of the molecule is Cc1cc(N)ncc1Br.Cc1cc(NCc2ccc(C(F)(F)F)nc2)ncc1B1OC(C)(C)C(C)(C)O1.Cc1cc(NCc2ccc(C(F)(F)F)nc2)ncc1Br.II.[B][I-]I. The van der Waals surface area contributed by atoms with E-state index in [1.165, 1.54) is 24.5 Å². The standard InChI is InChI=1S/C19H23BF3N3O2.C13H11BrF3N3.C6H7BrN2.BI2.I2/c1-12-8-16(25-10-13-6-7-15(24-9-13)19(21,22)23)26-11-14(12)20-27-17(2,3)18(4,5)28-20;1-8-4-12(20-7-10(8)14)19-6-9-2-3-11(18-5-9)13(15,16)17;1-4-2-6(8)9-3-5(4)7;1-3-2;1-2/h6-9,11H,10H2,1-5H3,(H,25,26);2-5,7H,6H2,1H3,(H,19,20);2-3H,1H3,(H2,8,9);;/q;;;-1;. The molecule has 1 fully saturated rings.